The van der Waals surface area contributed by atoms with Crippen LogP contribution in [-0.4, -0.2) is 37.3 Å². The molecule has 0 saturated carbocycles. The Kier molecular flexibility index (Phi) is 11.6. The summed E-state index contributed by atoms with van der Waals surface area (Å²) in [4.78, 5) is 25.4. The summed E-state index contributed by atoms with van der Waals surface area (Å²) in [5.74, 6) is 1.23. The van der Waals surface area contributed by atoms with Gasteiger partial charge in [0, 0.05) is 0 Å². The molecule has 0 aromatic heterocycles. The molecule has 3 aromatic carbocycles. The van der Waals surface area contributed by atoms with Crippen molar-refractivity contribution in [3.05, 3.63) is 89.0 Å². The van der Waals surface area contributed by atoms with Gasteiger partial charge in [-0.1, -0.05) is 61.9 Å². The number of hydrazone groups is 1. The van der Waals surface area contributed by atoms with Gasteiger partial charge in [0.1, 0.15) is 18.4 Å². The minimum atomic E-state index is -0.749. The summed E-state index contributed by atoms with van der Waals surface area (Å²) in [5.41, 5.74) is 6.44. The van der Waals surface area contributed by atoms with Crippen LogP contribution in [-0.2, 0) is 16.2 Å². The third-order valence-corrected chi connectivity index (χ3v) is 5.94. The van der Waals surface area contributed by atoms with Gasteiger partial charge in [0.25, 0.3) is 11.8 Å². The smallest absolute Gasteiger partial charge is 0.262 e. The quantitative estimate of drug-likeness (QED) is 0.210. The minimum absolute atomic E-state index is 0.179. The van der Waals surface area contributed by atoms with Gasteiger partial charge in [0.05, 0.1) is 12.8 Å². The lowest BCUT2D eigenvalue weighted by Crippen LogP contribution is -2.47. The Morgan fingerprint density at radius 2 is 1.70 bits per heavy atom. The second-order valence-electron chi connectivity index (χ2n) is 9.95. The number of ether oxygens (including phenoxy) is 3. The molecule has 1 atom stereocenters. The standard InChI is InChI=1S/C32H39N3O5/c1-6-38-30-18-25(14-15-29(30)39-20-26-12-9-10-23(4)17-26)19-33-35-32(37)27(16-22(2)3)34-31(36)21-40-28-13-8-7-11-24(28)5/h7-15,17-19,22,27H,6,16,20-21H2,1-5H3,(H,34,36)(H,35,37)/b33-19-/t27-/m1/s1. The van der Waals surface area contributed by atoms with E-state index in [0.29, 0.717) is 36.9 Å². The molecular formula is C32H39N3O5. The summed E-state index contributed by atoms with van der Waals surface area (Å²) in [7, 11) is 0. The van der Waals surface area contributed by atoms with Crippen LogP contribution in [0.15, 0.2) is 71.8 Å². The van der Waals surface area contributed by atoms with E-state index < -0.39 is 11.9 Å². The van der Waals surface area contributed by atoms with Crippen LogP contribution in [0.3, 0.4) is 0 Å². The number of hydrogen-bond acceptors (Lipinski definition) is 6. The van der Waals surface area contributed by atoms with Gasteiger partial charge in [-0.15, -0.1) is 0 Å². The van der Waals surface area contributed by atoms with Crippen molar-refractivity contribution in [1.29, 1.82) is 0 Å². The second kappa shape index (κ2) is 15.3. The number of carbonyl (C=O) groups is 2. The van der Waals surface area contributed by atoms with Gasteiger partial charge in [-0.3, -0.25) is 9.59 Å². The lowest BCUT2D eigenvalue weighted by Gasteiger charge is -2.19. The van der Waals surface area contributed by atoms with E-state index in [4.69, 9.17) is 14.2 Å². The largest absolute Gasteiger partial charge is 0.490 e. The van der Waals surface area contributed by atoms with Crippen LogP contribution in [0.25, 0.3) is 0 Å². The Hall–Kier alpha value is -4.33. The third kappa shape index (κ3) is 9.76. The Balaban J connectivity index is 1.59. The Morgan fingerprint density at radius 3 is 2.42 bits per heavy atom. The van der Waals surface area contributed by atoms with Crippen molar-refractivity contribution >= 4 is 18.0 Å². The van der Waals surface area contributed by atoms with Crippen LogP contribution in [0.2, 0.25) is 0 Å². The van der Waals surface area contributed by atoms with Crippen molar-refractivity contribution in [3.63, 3.8) is 0 Å². The van der Waals surface area contributed by atoms with E-state index in [0.717, 1.165) is 16.7 Å². The zero-order valence-corrected chi connectivity index (χ0v) is 23.9. The van der Waals surface area contributed by atoms with E-state index in [1.165, 1.54) is 11.8 Å². The van der Waals surface area contributed by atoms with Gasteiger partial charge < -0.3 is 19.5 Å². The molecule has 212 valence electrons. The van der Waals surface area contributed by atoms with Crippen LogP contribution in [0, 0.1) is 19.8 Å². The number of benzene rings is 3. The first-order valence-electron chi connectivity index (χ1n) is 13.5. The fraction of sp³-hybridized carbons (Fsp3) is 0.344. The first-order chi connectivity index (χ1) is 19.2. The average Bonchev–Trinajstić information content (AvgIpc) is 2.92. The van der Waals surface area contributed by atoms with Crippen LogP contribution in [0.5, 0.6) is 17.2 Å². The molecule has 2 amide bonds. The lowest BCUT2D eigenvalue weighted by molar-refractivity contribution is -0.130. The van der Waals surface area contributed by atoms with Gasteiger partial charge in [0.2, 0.25) is 0 Å². The maximum Gasteiger partial charge on any atom is 0.262 e. The average molecular weight is 546 g/mol. The van der Waals surface area contributed by atoms with Gasteiger partial charge >= 0.3 is 0 Å². The normalized spacial score (nSPS) is 11.8. The van der Waals surface area contributed by atoms with Crippen LogP contribution >= 0.6 is 0 Å². The molecule has 0 spiro atoms. The molecule has 3 rings (SSSR count). The summed E-state index contributed by atoms with van der Waals surface area (Å²) in [6, 6.07) is 20.3. The predicted molar refractivity (Wildman–Crippen MR) is 157 cm³/mol. The Morgan fingerprint density at radius 1 is 0.900 bits per heavy atom. The summed E-state index contributed by atoms with van der Waals surface area (Å²) in [6.45, 7) is 10.5. The highest BCUT2D eigenvalue weighted by Crippen LogP contribution is 2.29. The molecule has 0 aliphatic heterocycles. The molecule has 0 saturated heterocycles. The Bertz CT molecular complexity index is 1310. The minimum Gasteiger partial charge on any atom is -0.490 e. The molecule has 0 heterocycles. The van der Waals surface area contributed by atoms with Crippen molar-refractivity contribution in [2.45, 2.75) is 53.7 Å². The van der Waals surface area contributed by atoms with Crippen molar-refractivity contribution in [1.82, 2.24) is 10.7 Å². The summed E-state index contributed by atoms with van der Waals surface area (Å²) >= 11 is 0. The number of nitrogens with one attached hydrogen (secondary N) is 2. The number of carbonyl (C=O) groups excluding carboxylic acids is 2. The SMILES string of the molecule is CCOc1cc(/C=N\NC(=O)[C@@H](CC(C)C)NC(=O)COc2ccccc2C)ccc1OCc1cccc(C)c1. The summed E-state index contributed by atoms with van der Waals surface area (Å²) in [6.07, 6.45) is 1.99. The highest BCUT2D eigenvalue weighted by atomic mass is 16.5. The van der Waals surface area contributed by atoms with Gasteiger partial charge in [-0.2, -0.15) is 5.10 Å². The Labute approximate surface area is 236 Å². The number of hydrogen-bond donors (Lipinski definition) is 2. The molecule has 2 N–H and O–H groups in total. The zero-order chi connectivity index (χ0) is 28.9. The van der Waals surface area contributed by atoms with Crippen molar-refractivity contribution in [2.24, 2.45) is 11.0 Å². The number of aryl methyl sites for hydroxylation is 2. The van der Waals surface area contributed by atoms with Crippen molar-refractivity contribution < 1.29 is 23.8 Å². The molecule has 8 heteroatoms. The van der Waals surface area contributed by atoms with Crippen molar-refractivity contribution in [3.8, 4) is 17.2 Å². The number of amides is 2. The molecule has 40 heavy (non-hydrogen) atoms. The second-order valence-corrected chi connectivity index (χ2v) is 9.95. The maximum atomic E-state index is 12.9. The summed E-state index contributed by atoms with van der Waals surface area (Å²) < 4.78 is 17.4. The topological polar surface area (TPSA) is 98.2 Å². The summed E-state index contributed by atoms with van der Waals surface area (Å²) in [5, 5.41) is 6.88. The van der Waals surface area contributed by atoms with Gasteiger partial charge in [-0.05, 0) is 74.1 Å². The lowest BCUT2D eigenvalue weighted by atomic mass is 10.0. The monoisotopic (exact) mass is 545 g/mol. The van der Waals surface area contributed by atoms with Gasteiger partial charge in [-0.25, -0.2) is 5.43 Å². The molecule has 3 aromatic rings. The van der Waals surface area contributed by atoms with E-state index in [9.17, 15) is 9.59 Å². The molecule has 0 fully saturated rings. The first kappa shape index (κ1) is 30.2. The van der Waals surface area contributed by atoms with Crippen molar-refractivity contribution in [2.75, 3.05) is 13.2 Å². The van der Waals surface area contributed by atoms with E-state index in [2.05, 4.69) is 21.9 Å². The van der Waals surface area contributed by atoms with Crippen LogP contribution in [0.4, 0.5) is 0 Å². The van der Waals surface area contributed by atoms with Crippen LogP contribution < -0.4 is 25.0 Å². The first-order valence-corrected chi connectivity index (χ1v) is 13.5. The van der Waals surface area contributed by atoms with Gasteiger partial charge in [0.15, 0.2) is 18.1 Å². The highest BCUT2D eigenvalue weighted by molar-refractivity contribution is 5.89. The number of rotatable bonds is 14. The molecule has 0 bridgehead atoms. The molecule has 0 aliphatic rings. The van der Waals surface area contributed by atoms with E-state index in [1.54, 1.807) is 12.1 Å². The van der Waals surface area contributed by atoms with E-state index >= 15 is 0 Å². The van der Waals surface area contributed by atoms with E-state index in [1.807, 2.05) is 83.1 Å². The molecule has 8 nitrogen and oxygen atoms in total. The molecule has 0 unspecified atom stereocenters. The predicted octanol–water partition coefficient (Wildman–Crippen LogP) is 5.34. The highest BCUT2D eigenvalue weighted by Gasteiger charge is 2.22. The number of para-hydroxylation sites is 1. The third-order valence-electron chi connectivity index (χ3n) is 5.94. The zero-order valence-electron chi connectivity index (χ0n) is 23.9. The molecule has 0 radical (unpaired) electrons. The fourth-order valence-corrected chi connectivity index (χ4v) is 4.00. The number of nitrogens with zero attached hydrogens (tertiary/aromatic N) is 1. The fourth-order valence-electron chi connectivity index (χ4n) is 4.00. The maximum absolute atomic E-state index is 12.9. The molecular weight excluding hydrogens is 506 g/mol. The molecule has 0 aliphatic carbocycles. The van der Waals surface area contributed by atoms with Crippen LogP contribution in [0.1, 0.15) is 49.4 Å². The van der Waals surface area contributed by atoms with E-state index in [-0.39, 0.29) is 18.4 Å².